The fourth-order valence-electron chi connectivity index (χ4n) is 3.26. The molecule has 5 heteroatoms. The summed E-state index contributed by atoms with van der Waals surface area (Å²) in [6.07, 6.45) is 1.79. The third-order valence-corrected chi connectivity index (χ3v) is 4.70. The number of nitrogens with one attached hydrogen (secondary N) is 1. The topological polar surface area (TPSA) is 41.6 Å². The maximum absolute atomic E-state index is 12.1. The molecular weight excluding hydrogens is 348 g/mol. The smallest absolute Gasteiger partial charge is 0.234 e. The van der Waals surface area contributed by atoms with E-state index in [0.717, 1.165) is 30.7 Å². The van der Waals surface area contributed by atoms with Crippen molar-refractivity contribution >= 4 is 17.5 Å². The van der Waals surface area contributed by atoms with E-state index in [1.165, 1.54) is 5.56 Å². The highest BCUT2D eigenvalue weighted by Crippen LogP contribution is 2.26. The molecular formula is C21H25ClN2O2. The molecule has 1 N–H and O–H groups in total. The number of benzene rings is 2. The van der Waals surface area contributed by atoms with E-state index in [9.17, 15) is 4.79 Å². The molecule has 1 fully saturated rings. The van der Waals surface area contributed by atoms with Crippen LogP contribution < -0.4 is 10.1 Å². The first-order valence-electron chi connectivity index (χ1n) is 9.11. The third-order valence-electron chi connectivity index (χ3n) is 4.40. The molecule has 0 saturated carbocycles. The fraction of sp³-hybridized carbons (Fsp3) is 0.381. The molecule has 0 bridgehead atoms. The lowest BCUT2D eigenvalue weighted by Gasteiger charge is -2.33. The molecule has 1 aliphatic rings. The highest BCUT2D eigenvalue weighted by atomic mass is 35.5. The molecule has 4 nitrogen and oxygen atoms in total. The number of hydrogen-bond acceptors (Lipinski definition) is 3. The molecule has 0 spiro atoms. The maximum atomic E-state index is 12.1. The summed E-state index contributed by atoms with van der Waals surface area (Å²) in [4.78, 5) is 14.3. The van der Waals surface area contributed by atoms with Crippen LogP contribution in [0.25, 0.3) is 0 Å². The van der Waals surface area contributed by atoms with Gasteiger partial charge in [-0.15, -0.1) is 0 Å². The molecule has 2 aromatic rings. The van der Waals surface area contributed by atoms with Crippen LogP contribution in [0.15, 0.2) is 48.5 Å². The summed E-state index contributed by atoms with van der Waals surface area (Å²) < 4.78 is 5.62. The Morgan fingerprint density at radius 2 is 2.00 bits per heavy atom. The van der Waals surface area contributed by atoms with Gasteiger partial charge in [-0.3, -0.25) is 9.69 Å². The van der Waals surface area contributed by atoms with Gasteiger partial charge in [0, 0.05) is 19.1 Å². The van der Waals surface area contributed by atoms with Gasteiger partial charge in [-0.1, -0.05) is 54.9 Å². The van der Waals surface area contributed by atoms with Gasteiger partial charge in [-0.05, 0) is 36.1 Å². The maximum Gasteiger partial charge on any atom is 0.234 e. The van der Waals surface area contributed by atoms with Gasteiger partial charge in [0.25, 0.3) is 0 Å². The van der Waals surface area contributed by atoms with Crippen molar-refractivity contribution in [3.05, 3.63) is 64.7 Å². The van der Waals surface area contributed by atoms with E-state index < -0.39 is 0 Å². The standard InChI is InChI=1S/C21H25ClN2O2/c1-2-10-26-20-9-8-17(12-19(20)22)13-24-14-18(23-21(25)15-24)11-16-6-4-3-5-7-16/h3-9,12,18H,2,10-11,13-15H2,1H3,(H,23,25)/t18-/m0/s1. The van der Waals surface area contributed by atoms with Crippen LogP contribution in [-0.2, 0) is 17.8 Å². The van der Waals surface area contributed by atoms with Gasteiger partial charge in [0.15, 0.2) is 0 Å². The van der Waals surface area contributed by atoms with E-state index in [1.54, 1.807) is 0 Å². The van der Waals surface area contributed by atoms with E-state index in [-0.39, 0.29) is 11.9 Å². The van der Waals surface area contributed by atoms with Crippen LogP contribution in [0.2, 0.25) is 5.02 Å². The van der Waals surface area contributed by atoms with Crippen molar-refractivity contribution in [2.45, 2.75) is 32.4 Å². The molecule has 0 aromatic heterocycles. The van der Waals surface area contributed by atoms with Gasteiger partial charge in [0.1, 0.15) is 5.75 Å². The number of carbonyl (C=O) groups is 1. The molecule has 26 heavy (non-hydrogen) atoms. The van der Waals surface area contributed by atoms with E-state index in [2.05, 4.69) is 29.3 Å². The Kier molecular flexibility index (Phi) is 6.53. The number of halogens is 1. The van der Waals surface area contributed by atoms with Crippen molar-refractivity contribution in [3.8, 4) is 5.75 Å². The van der Waals surface area contributed by atoms with Crippen molar-refractivity contribution in [1.29, 1.82) is 0 Å². The van der Waals surface area contributed by atoms with E-state index in [0.29, 0.717) is 24.7 Å². The second-order valence-corrected chi connectivity index (χ2v) is 7.14. The molecule has 1 atom stereocenters. The van der Waals surface area contributed by atoms with E-state index >= 15 is 0 Å². The van der Waals surface area contributed by atoms with Crippen molar-refractivity contribution < 1.29 is 9.53 Å². The molecule has 0 radical (unpaired) electrons. The summed E-state index contributed by atoms with van der Waals surface area (Å²) in [7, 11) is 0. The van der Waals surface area contributed by atoms with Crippen LogP contribution in [0, 0.1) is 0 Å². The first kappa shape index (κ1) is 18.7. The monoisotopic (exact) mass is 372 g/mol. The first-order valence-corrected chi connectivity index (χ1v) is 9.48. The molecule has 3 rings (SSSR count). The number of amides is 1. The predicted molar refractivity (Wildman–Crippen MR) is 105 cm³/mol. The minimum Gasteiger partial charge on any atom is -0.492 e. The zero-order valence-electron chi connectivity index (χ0n) is 15.1. The first-order chi connectivity index (χ1) is 12.6. The fourth-order valence-corrected chi connectivity index (χ4v) is 3.52. The Bertz CT molecular complexity index is 736. The molecule has 2 aromatic carbocycles. The van der Waals surface area contributed by atoms with Gasteiger partial charge in [-0.2, -0.15) is 0 Å². The van der Waals surface area contributed by atoms with Gasteiger partial charge < -0.3 is 10.1 Å². The summed E-state index contributed by atoms with van der Waals surface area (Å²) in [5.74, 6) is 0.793. The van der Waals surface area contributed by atoms with Crippen LogP contribution >= 0.6 is 11.6 Å². The van der Waals surface area contributed by atoms with E-state index in [1.807, 2.05) is 36.4 Å². The largest absolute Gasteiger partial charge is 0.492 e. The molecule has 1 aliphatic heterocycles. The SMILES string of the molecule is CCCOc1ccc(CN2CC(=O)N[C@@H](Cc3ccccc3)C2)cc1Cl. The lowest BCUT2D eigenvalue weighted by atomic mass is 10.0. The average molecular weight is 373 g/mol. The third kappa shape index (κ3) is 5.23. The zero-order valence-corrected chi connectivity index (χ0v) is 15.8. The normalized spacial score (nSPS) is 17.8. The number of ether oxygens (including phenoxy) is 1. The number of rotatable bonds is 7. The van der Waals surface area contributed by atoms with Gasteiger partial charge in [-0.25, -0.2) is 0 Å². The number of hydrogen-bond donors (Lipinski definition) is 1. The van der Waals surface area contributed by atoms with Crippen LogP contribution in [0.3, 0.4) is 0 Å². The molecule has 0 aliphatic carbocycles. The predicted octanol–water partition coefficient (Wildman–Crippen LogP) is 3.67. The van der Waals surface area contributed by atoms with Crippen LogP contribution in [0.4, 0.5) is 0 Å². The van der Waals surface area contributed by atoms with Crippen LogP contribution in [0.1, 0.15) is 24.5 Å². The molecule has 1 saturated heterocycles. The number of carbonyl (C=O) groups excluding carboxylic acids is 1. The highest BCUT2D eigenvalue weighted by Gasteiger charge is 2.24. The van der Waals surface area contributed by atoms with Crippen molar-refractivity contribution in [2.75, 3.05) is 19.7 Å². The number of nitrogens with zero attached hydrogens (tertiary/aromatic N) is 1. The second-order valence-electron chi connectivity index (χ2n) is 6.74. The Balaban J connectivity index is 1.61. The summed E-state index contributed by atoms with van der Waals surface area (Å²) in [6, 6.07) is 16.3. The number of piperazine rings is 1. The Morgan fingerprint density at radius 3 is 2.73 bits per heavy atom. The van der Waals surface area contributed by atoms with Crippen LogP contribution in [0.5, 0.6) is 5.75 Å². The van der Waals surface area contributed by atoms with Crippen molar-refractivity contribution in [2.24, 2.45) is 0 Å². The summed E-state index contributed by atoms with van der Waals surface area (Å²) in [6.45, 7) is 4.66. The van der Waals surface area contributed by atoms with Crippen LogP contribution in [-0.4, -0.2) is 36.5 Å². The minimum absolute atomic E-state index is 0.0752. The summed E-state index contributed by atoms with van der Waals surface area (Å²) >= 11 is 6.32. The zero-order chi connectivity index (χ0) is 18.4. The quantitative estimate of drug-likeness (QED) is 0.806. The van der Waals surface area contributed by atoms with Gasteiger partial charge >= 0.3 is 0 Å². The average Bonchev–Trinajstić information content (AvgIpc) is 2.61. The van der Waals surface area contributed by atoms with E-state index in [4.69, 9.17) is 16.3 Å². The van der Waals surface area contributed by atoms with Crippen molar-refractivity contribution in [3.63, 3.8) is 0 Å². The lowest BCUT2D eigenvalue weighted by molar-refractivity contribution is -0.125. The molecule has 1 amide bonds. The molecule has 1 heterocycles. The molecule has 138 valence electrons. The summed E-state index contributed by atoms with van der Waals surface area (Å²) in [5.41, 5.74) is 2.33. The van der Waals surface area contributed by atoms with Gasteiger partial charge in [0.05, 0.1) is 18.2 Å². The molecule has 0 unspecified atom stereocenters. The van der Waals surface area contributed by atoms with Crippen molar-refractivity contribution in [1.82, 2.24) is 10.2 Å². The summed E-state index contributed by atoms with van der Waals surface area (Å²) in [5, 5.41) is 3.72. The lowest BCUT2D eigenvalue weighted by Crippen LogP contribution is -2.54. The minimum atomic E-state index is 0.0752. The Morgan fingerprint density at radius 1 is 1.19 bits per heavy atom. The Hall–Kier alpha value is -2.04. The Labute approximate surface area is 160 Å². The highest BCUT2D eigenvalue weighted by molar-refractivity contribution is 6.32. The second kappa shape index (κ2) is 9.06. The van der Waals surface area contributed by atoms with Gasteiger partial charge in [0.2, 0.25) is 5.91 Å².